The molecule has 11 heavy (non-hydrogen) atoms. The largest absolute Gasteiger partial charge is 1.00 e. The topological polar surface area (TPSA) is 37.3 Å². The maximum atomic E-state index is 10.3. The number of hydrogen-bond donors (Lipinski definition) is 1. The van der Waals surface area contributed by atoms with Gasteiger partial charge in [-0.1, -0.05) is 11.6 Å². The normalized spacial score (nSPS) is 8.45. The van der Waals surface area contributed by atoms with Crippen LogP contribution in [0.2, 0.25) is 5.02 Å². The van der Waals surface area contributed by atoms with E-state index in [0.717, 1.165) is 0 Å². The van der Waals surface area contributed by atoms with Crippen molar-refractivity contribution in [2.45, 2.75) is 0 Å². The molecule has 0 aliphatic carbocycles. The number of benzene rings is 1. The standard InChI is InChI=1S/C7H5ClO2.Na/c8-6-3-1-5(2-4-6)7(9)10;/h1-4H,(H,9,10);/q;+1. The van der Waals surface area contributed by atoms with Crippen LogP contribution in [-0.2, 0) is 0 Å². The van der Waals surface area contributed by atoms with Crippen LogP contribution in [0.4, 0.5) is 0 Å². The average molecular weight is 180 g/mol. The van der Waals surface area contributed by atoms with Crippen molar-refractivity contribution in [3.05, 3.63) is 34.9 Å². The van der Waals surface area contributed by atoms with Crippen molar-refractivity contribution in [1.82, 2.24) is 0 Å². The zero-order valence-corrected chi connectivity index (χ0v) is 8.80. The van der Waals surface area contributed by atoms with Crippen molar-refractivity contribution in [3.8, 4) is 0 Å². The number of hydrogen-bond acceptors (Lipinski definition) is 1. The smallest absolute Gasteiger partial charge is 0.478 e. The SMILES string of the molecule is O=C(O)c1ccc(Cl)cc1.[Na+]. The second-order valence-electron chi connectivity index (χ2n) is 1.81. The van der Waals surface area contributed by atoms with E-state index in [9.17, 15) is 4.79 Å². The summed E-state index contributed by atoms with van der Waals surface area (Å²) >= 11 is 5.52. The summed E-state index contributed by atoms with van der Waals surface area (Å²) in [5.41, 5.74) is 0.254. The van der Waals surface area contributed by atoms with Gasteiger partial charge in [0.15, 0.2) is 0 Å². The Labute approximate surface area is 91.5 Å². The fraction of sp³-hybridized carbons (Fsp3) is 0. The van der Waals surface area contributed by atoms with Gasteiger partial charge in [-0.15, -0.1) is 0 Å². The van der Waals surface area contributed by atoms with Crippen LogP contribution in [0.15, 0.2) is 24.3 Å². The van der Waals surface area contributed by atoms with Crippen LogP contribution in [0.25, 0.3) is 0 Å². The summed E-state index contributed by atoms with van der Waals surface area (Å²) in [5, 5.41) is 8.98. The Hall–Kier alpha value is -0.0200. The Morgan fingerprint density at radius 1 is 1.27 bits per heavy atom. The first-order valence-corrected chi connectivity index (χ1v) is 3.07. The molecule has 4 heteroatoms. The Morgan fingerprint density at radius 3 is 2.09 bits per heavy atom. The van der Waals surface area contributed by atoms with E-state index >= 15 is 0 Å². The van der Waals surface area contributed by atoms with Gasteiger partial charge in [-0.3, -0.25) is 0 Å². The van der Waals surface area contributed by atoms with Gasteiger partial charge in [0.2, 0.25) is 0 Å². The van der Waals surface area contributed by atoms with Crippen LogP contribution >= 0.6 is 11.6 Å². The Bertz CT molecular complexity index is 245. The molecular weight excluding hydrogens is 175 g/mol. The molecular formula is C7H5ClNaO2+. The number of aromatic carboxylic acids is 1. The number of rotatable bonds is 1. The van der Waals surface area contributed by atoms with Crippen molar-refractivity contribution in [2.24, 2.45) is 0 Å². The van der Waals surface area contributed by atoms with Gasteiger partial charge in [0, 0.05) is 5.02 Å². The van der Waals surface area contributed by atoms with Gasteiger partial charge in [0.05, 0.1) is 5.56 Å². The maximum absolute atomic E-state index is 10.3. The Kier molecular flexibility index (Phi) is 4.77. The van der Waals surface area contributed by atoms with Crippen LogP contribution in [0, 0.1) is 0 Å². The number of halogens is 1. The molecule has 0 unspecified atom stereocenters. The zero-order chi connectivity index (χ0) is 7.56. The minimum Gasteiger partial charge on any atom is -0.478 e. The first-order chi connectivity index (χ1) is 4.70. The van der Waals surface area contributed by atoms with Gasteiger partial charge < -0.3 is 5.11 Å². The molecule has 0 radical (unpaired) electrons. The van der Waals surface area contributed by atoms with E-state index in [1.54, 1.807) is 12.1 Å². The molecule has 0 heterocycles. The number of carbonyl (C=O) groups is 1. The molecule has 52 valence electrons. The monoisotopic (exact) mass is 179 g/mol. The van der Waals surface area contributed by atoms with Gasteiger partial charge in [-0.25, -0.2) is 4.79 Å². The third-order valence-corrected chi connectivity index (χ3v) is 1.34. The van der Waals surface area contributed by atoms with Crippen LogP contribution in [0.3, 0.4) is 0 Å². The number of carboxylic acid groups (broad SMARTS) is 1. The molecule has 0 amide bonds. The molecule has 0 aliphatic rings. The van der Waals surface area contributed by atoms with Crippen LogP contribution in [-0.4, -0.2) is 11.1 Å². The van der Waals surface area contributed by atoms with Crippen molar-refractivity contribution in [1.29, 1.82) is 0 Å². The van der Waals surface area contributed by atoms with Gasteiger partial charge in [-0.2, -0.15) is 0 Å². The van der Waals surface area contributed by atoms with Crippen LogP contribution < -0.4 is 29.6 Å². The predicted octanol–water partition coefficient (Wildman–Crippen LogP) is -0.958. The Morgan fingerprint density at radius 2 is 1.73 bits per heavy atom. The van der Waals surface area contributed by atoms with Gasteiger partial charge in [0.25, 0.3) is 0 Å². The fourth-order valence-electron chi connectivity index (χ4n) is 0.592. The minimum atomic E-state index is -0.934. The number of carboxylic acids is 1. The fourth-order valence-corrected chi connectivity index (χ4v) is 0.718. The molecule has 0 aromatic heterocycles. The second-order valence-corrected chi connectivity index (χ2v) is 2.25. The summed E-state index contributed by atoms with van der Waals surface area (Å²) in [7, 11) is 0. The summed E-state index contributed by atoms with van der Waals surface area (Å²) in [6.45, 7) is 0. The molecule has 1 N–H and O–H groups in total. The molecule has 0 spiro atoms. The molecule has 0 saturated carbocycles. The summed E-state index contributed by atoms with van der Waals surface area (Å²) in [6, 6.07) is 6.02. The van der Waals surface area contributed by atoms with Gasteiger partial charge >= 0.3 is 35.5 Å². The van der Waals surface area contributed by atoms with Crippen molar-refractivity contribution < 1.29 is 39.5 Å². The summed E-state index contributed by atoms with van der Waals surface area (Å²) in [5.74, 6) is -0.934. The summed E-state index contributed by atoms with van der Waals surface area (Å²) in [6.07, 6.45) is 0. The van der Waals surface area contributed by atoms with Crippen LogP contribution in [0.1, 0.15) is 10.4 Å². The van der Waals surface area contributed by atoms with Crippen molar-refractivity contribution in [2.75, 3.05) is 0 Å². The first-order valence-electron chi connectivity index (χ1n) is 2.69. The van der Waals surface area contributed by atoms with E-state index in [-0.39, 0.29) is 35.1 Å². The molecule has 2 nitrogen and oxygen atoms in total. The molecule has 1 rings (SSSR count). The third kappa shape index (κ3) is 3.25. The minimum absolute atomic E-state index is 0. The van der Waals surface area contributed by atoms with Gasteiger partial charge in [-0.05, 0) is 24.3 Å². The second kappa shape index (κ2) is 4.78. The predicted molar refractivity (Wildman–Crippen MR) is 38.4 cm³/mol. The molecule has 0 atom stereocenters. The summed E-state index contributed by atoms with van der Waals surface area (Å²) < 4.78 is 0. The molecule has 1 aromatic carbocycles. The van der Waals surface area contributed by atoms with E-state index in [4.69, 9.17) is 16.7 Å². The molecule has 0 bridgehead atoms. The first kappa shape index (κ1) is 11.0. The van der Waals surface area contributed by atoms with Crippen molar-refractivity contribution in [3.63, 3.8) is 0 Å². The average Bonchev–Trinajstić information content (AvgIpc) is 1.88. The maximum Gasteiger partial charge on any atom is 1.00 e. The van der Waals surface area contributed by atoms with Crippen molar-refractivity contribution >= 4 is 17.6 Å². The third-order valence-electron chi connectivity index (χ3n) is 1.09. The molecule has 0 saturated heterocycles. The van der Waals surface area contributed by atoms with Gasteiger partial charge in [0.1, 0.15) is 0 Å². The van der Waals surface area contributed by atoms with E-state index in [0.29, 0.717) is 5.02 Å². The molecule has 0 aliphatic heterocycles. The summed E-state index contributed by atoms with van der Waals surface area (Å²) in [4.78, 5) is 10.3. The van der Waals surface area contributed by atoms with E-state index < -0.39 is 5.97 Å². The van der Waals surface area contributed by atoms with E-state index in [1.165, 1.54) is 12.1 Å². The van der Waals surface area contributed by atoms with E-state index in [1.807, 2.05) is 0 Å². The Balaban J connectivity index is 0.000001000. The zero-order valence-electron chi connectivity index (χ0n) is 6.04. The van der Waals surface area contributed by atoms with E-state index in [2.05, 4.69) is 0 Å². The quantitative estimate of drug-likeness (QED) is 0.564. The van der Waals surface area contributed by atoms with Crippen LogP contribution in [0.5, 0.6) is 0 Å². The molecule has 1 aromatic rings. The molecule has 0 fully saturated rings.